The van der Waals surface area contributed by atoms with Crippen LogP contribution < -0.4 is 4.74 Å². The van der Waals surface area contributed by atoms with Crippen LogP contribution in [0.4, 0.5) is 4.39 Å². The van der Waals surface area contributed by atoms with Gasteiger partial charge in [-0.15, -0.1) is 5.10 Å². The Morgan fingerprint density at radius 2 is 2.08 bits per heavy atom. The van der Waals surface area contributed by atoms with E-state index in [1.54, 1.807) is 16.8 Å². The number of fused-ring (bicyclic) bond motifs is 1. The van der Waals surface area contributed by atoms with Crippen molar-refractivity contribution in [3.05, 3.63) is 94.8 Å². The SMILES string of the molecule is Cn1cc([C@@H]2C[C@H]2c2c(C(=O)O)ccn2-c2cccc(CN3Cc4cc(F)ccc4OC(C)(Br)C3)c2)nn1. The zero-order valence-corrected chi connectivity index (χ0v) is 22.6. The highest BCUT2D eigenvalue weighted by molar-refractivity contribution is 9.10. The Hall–Kier alpha value is -3.50. The van der Waals surface area contributed by atoms with E-state index < -0.39 is 10.5 Å². The van der Waals surface area contributed by atoms with Crippen molar-refractivity contribution in [1.29, 1.82) is 0 Å². The van der Waals surface area contributed by atoms with Gasteiger partial charge in [-0.25, -0.2) is 9.18 Å². The van der Waals surface area contributed by atoms with E-state index in [2.05, 4.69) is 37.2 Å². The fourth-order valence-electron chi connectivity index (χ4n) is 5.49. The van der Waals surface area contributed by atoms with Crippen LogP contribution in [0.2, 0.25) is 0 Å². The minimum absolute atomic E-state index is 0.0553. The van der Waals surface area contributed by atoms with Gasteiger partial charge in [-0.05, 0) is 71.2 Å². The Morgan fingerprint density at radius 3 is 2.84 bits per heavy atom. The number of aryl methyl sites for hydroxylation is 1. The van der Waals surface area contributed by atoms with E-state index in [1.165, 1.54) is 12.1 Å². The molecule has 1 aliphatic heterocycles. The second-order valence-electron chi connectivity index (χ2n) is 10.3. The van der Waals surface area contributed by atoms with Crippen molar-refractivity contribution >= 4 is 21.9 Å². The molecule has 3 heterocycles. The number of rotatable bonds is 6. The van der Waals surface area contributed by atoms with E-state index in [4.69, 9.17) is 4.74 Å². The van der Waals surface area contributed by atoms with Crippen LogP contribution in [0.25, 0.3) is 5.69 Å². The highest BCUT2D eigenvalue weighted by Gasteiger charge is 2.45. The molecule has 2 aliphatic rings. The second kappa shape index (κ2) is 9.36. The summed E-state index contributed by atoms with van der Waals surface area (Å²) in [7, 11) is 1.83. The minimum Gasteiger partial charge on any atom is -0.478 e. The van der Waals surface area contributed by atoms with E-state index in [9.17, 15) is 14.3 Å². The first-order valence-corrected chi connectivity index (χ1v) is 13.2. The fourth-order valence-corrected chi connectivity index (χ4v) is 6.02. The van der Waals surface area contributed by atoms with Gasteiger partial charge >= 0.3 is 5.97 Å². The monoisotopic (exact) mass is 579 g/mol. The standard InChI is InChI=1S/C28H27BrFN5O3/c1-28(29)16-34(14-18-11-19(30)6-7-25(18)38-28)13-17-4-3-5-20(10-17)35-9-8-21(27(36)37)26(35)23-12-22(23)24-15-33(2)32-31-24/h3-11,15,22-23H,12-14,16H2,1-2H3,(H,36,37)/t22-,23-,28?/m1/s1. The molecule has 0 bridgehead atoms. The highest BCUT2D eigenvalue weighted by atomic mass is 79.9. The number of hydrogen-bond acceptors (Lipinski definition) is 5. The molecule has 2 aromatic heterocycles. The van der Waals surface area contributed by atoms with Crippen molar-refractivity contribution in [2.75, 3.05) is 6.54 Å². The van der Waals surface area contributed by atoms with Crippen LogP contribution in [-0.4, -0.2) is 46.6 Å². The zero-order chi connectivity index (χ0) is 26.6. The lowest BCUT2D eigenvalue weighted by atomic mass is 10.1. The predicted molar refractivity (Wildman–Crippen MR) is 142 cm³/mol. The van der Waals surface area contributed by atoms with Crippen molar-refractivity contribution < 1.29 is 19.0 Å². The van der Waals surface area contributed by atoms with Crippen molar-refractivity contribution in [2.24, 2.45) is 7.05 Å². The van der Waals surface area contributed by atoms with Crippen LogP contribution in [0.1, 0.15) is 58.1 Å². The molecule has 4 aromatic rings. The third-order valence-corrected chi connectivity index (χ3v) is 7.55. The maximum absolute atomic E-state index is 14.0. The van der Waals surface area contributed by atoms with Crippen molar-refractivity contribution in [1.82, 2.24) is 24.5 Å². The number of carbonyl (C=O) groups is 1. The van der Waals surface area contributed by atoms with Crippen molar-refractivity contribution in [2.45, 2.75) is 42.8 Å². The number of aromatic nitrogens is 4. The normalized spacial score (nSPS) is 22.9. The molecule has 1 fully saturated rings. The van der Waals surface area contributed by atoms with E-state index in [0.717, 1.165) is 34.6 Å². The molecule has 1 unspecified atom stereocenters. The van der Waals surface area contributed by atoms with Gasteiger partial charge in [0, 0.05) is 67.9 Å². The van der Waals surface area contributed by atoms with Crippen LogP contribution >= 0.6 is 15.9 Å². The fraction of sp³-hybridized carbons (Fsp3) is 0.321. The number of carboxylic acid groups (broad SMARTS) is 1. The molecule has 10 heteroatoms. The smallest absolute Gasteiger partial charge is 0.337 e. The quantitative estimate of drug-likeness (QED) is 0.315. The summed E-state index contributed by atoms with van der Waals surface area (Å²) in [5.74, 6) is -0.358. The molecule has 6 rings (SSSR count). The third-order valence-electron chi connectivity index (χ3n) is 7.14. The molecule has 0 radical (unpaired) electrons. The van der Waals surface area contributed by atoms with Crippen LogP contribution in [0.5, 0.6) is 5.75 Å². The summed E-state index contributed by atoms with van der Waals surface area (Å²) in [5.41, 5.74) is 4.73. The minimum atomic E-state index is -0.938. The highest BCUT2D eigenvalue weighted by Crippen LogP contribution is 2.55. The number of alkyl halides is 1. The van der Waals surface area contributed by atoms with Gasteiger partial charge in [-0.2, -0.15) is 0 Å². The average molecular weight is 580 g/mol. The van der Waals surface area contributed by atoms with E-state index in [1.807, 2.05) is 49.1 Å². The molecule has 1 N–H and O–H groups in total. The molecule has 3 atom stereocenters. The molecule has 38 heavy (non-hydrogen) atoms. The Kier molecular flexibility index (Phi) is 6.11. The van der Waals surface area contributed by atoms with Crippen LogP contribution in [-0.2, 0) is 20.1 Å². The first kappa shape index (κ1) is 24.8. The second-order valence-corrected chi connectivity index (χ2v) is 12.0. The van der Waals surface area contributed by atoms with Crippen LogP contribution in [0, 0.1) is 5.82 Å². The molecule has 2 aromatic carbocycles. The van der Waals surface area contributed by atoms with Crippen molar-refractivity contribution in [3.63, 3.8) is 0 Å². The number of halogens is 2. The summed E-state index contributed by atoms with van der Waals surface area (Å²) in [6, 6.07) is 14.4. The lowest BCUT2D eigenvalue weighted by Gasteiger charge is -2.28. The largest absolute Gasteiger partial charge is 0.478 e. The number of carboxylic acids is 1. The Bertz CT molecular complexity index is 1530. The maximum atomic E-state index is 14.0. The number of benzene rings is 2. The summed E-state index contributed by atoms with van der Waals surface area (Å²) in [4.78, 5) is 14.3. The number of hydrogen-bond donors (Lipinski definition) is 1. The van der Waals surface area contributed by atoms with Gasteiger partial charge in [-0.3, -0.25) is 9.58 Å². The summed E-state index contributed by atoms with van der Waals surface area (Å²) < 4.78 is 23.1. The van der Waals surface area contributed by atoms with Crippen molar-refractivity contribution in [3.8, 4) is 11.4 Å². The van der Waals surface area contributed by atoms with Gasteiger partial charge in [-0.1, -0.05) is 17.3 Å². The Morgan fingerprint density at radius 1 is 1.24 bits per heavy atom. The summed E-state index contributed by atoms with van der Waals surface area (Å²) in [6.45, 7) is 3.70. The number of aromatic carboxylic acids is 1. The Labute approximate surface area is 227 Å². The van der Waals surface area contributed by atoms with Gasteiger partial charge in [0.05, 0.1) is 11.3 Å². The molecule has 8 nitrogen and oxygen atoms in total. The van der Waals surface area contributed by atoms with Gasteiger partial charge in [0.25, 0.3) is 0 Å². The molecular weight excluding hydrogens is 553 g/mol. The van der Waals surface area contributed by atoms with Gasteiger partial charge < -0.3 is 14.4 Å². The molecule has 1 aliphatic carbocycles. The van der Waals surface area contributed by atoms with E-state index in [-0.39, 0.29) is 17.7 Å². The molecule has 0 saturated heterocycles. The lowest BCUT2D eigenvalue weighted by Crippen LogP contribution is -2.37. The molecule has 0 amide bonds. The zero-order valence-electron chi connectivity index (χ0n) is 21.0. The first-order chi connectivity index (χ1) is 18.2. The number of ether oxygens (including phenoxy) is 1. The van der Waals surface area contributed by atoms with E-state index >= 15 is 0 Å². The Balaban J connectivity index is 1.29. The summed E-state index contributed by atoms with van der Waals surface area (Å²) in [6.07, 6.45) is 4.56. The molecule has 196 valence electrons. The molecule has 0 spiro atoms. The molecular formula is C28H27BrFN5O3. The lowest BCUT2D eigenvalue weighted by molar-refractivity contribution is 0.0695. The first-order valence-electron chi connectivity index (χ1n) is 12.5. The van der Waals surface area contributed by atoms with Gasteiger partial charge in [0.2, 0.25) is 0 Å². The molecule has 1 saturated carbocycles. The van der Waals surface area contributed by atoms with Gasteiger partial charge in [0.1, 0.15) is 11.6 Å². The van der Waals surface area contributed by atoms with Crippen LogP contribution in [0.3, 0.4) is 0 Å². The number of nitrogens with zero attached hydrogens (tertiary/aromatic N) is 5. The van der Waals surface area contributed by atoms with Gasteiger partial charge in [0.15, 0.2) is 4.51 Å². The maximum Gasteiger partial charge on any atom is 0.337 e. The predicted octanol–water partition coefficient (Wildman–Crippen LogP) is 5.22. The third kappa shape index (κ3) is 4.86. The van der Waals surface area contributed by atoms with E-state index in [0.29, 0.717) is 30.9 Å². The summed E-state index contributed by atoms with van der Waals surface area (Å²) >= 11 is 3.68. The van der Waals surface area contributed by atoms with Crippen LogP contribution in [0.15, 0.2) is 60.9 Å². The average Bonchev–Trinajstić information content (AvgIpc) is 3.34. The topological polar surface area (TPSA) is 85.4 Å². The summed E-state index contributed by atoms with van der Waals surface area (Å²) in [5, 5.41) is 18.2.